The van der Waals surface area contributed by atoms with Gasteiger partial charge in [0.2, 0.25) is 0 Å². The molecule has 1 amide bonds. The van der Waals surface area contributed by atoms with Gasteiger partial charge in [-0.05, 0) is 29.8 Å². The summed E-state index contributed by atoms with van der Waals surface area (Å²) in [6.07, 6.45) is -5.96. The number of amides is 1. The minimum Gasteiger partial charge on any atom is -0.484 e. The highest BCUT2D eigenvalue weighted by molar-refractivity contribution is 9.10. The number of benzene rings is 2. The second kappa shape index (κ2) is 7.32. The highest BCUT2D eigenvalue weighted by atomic mass is 79.9. The summed E-state index contributed by atoms with van der Waals surface area (Å²) in [4.78, 5) is 12.3. The predicted octanol–water partition coefficient (Wildman–Crippen LogP) is 3.72. The van der Waals surface area contributed by atoms with Crippen molar-refractivity contribution in [2.24, 2.45) is 5.10 Å². The zero-order valence-electron chi connectivity index (χ0n) is 13.8. The fourth-order valence-corrected chi connectivity index (χ4v) is 2.98. The van der Waals surface area contributed by atoms with E-state index in [1.807, 2.05) is 0 Å². The van der Waals surface area contributed by atoms with Crippen LogP contribution in [0.25, 0.3) is 0 Å². The van der Waals surface area contributed by atoms with E-state index in [2.05, 4.69) is 21.0 Å². The van der Waals surface area contributed by atoms with Gasteiger partial charge in [0.1, 0.15) is 5.75 Å². The first-order valence-corrected chi connectivity index (χ1v) is 8.63. The average Bonchev–Trinajstić information content (AvgIpc) is 3.00. The molecule has 142 valence electrons. The summed E-state index contributed by atoms with van der Waals surface area (Å²) in [5, 5.41) is 14.1. The van der Waals surface area contributed by atoms with E-state index in [0.717, 1.165) is 0 Å². The lowest BCUT2D eigenvalue weighted by Crippen LogP contribution is -2.57. The minimum absolute atomic E-state index is 0.0517. The molecule has 0 aliphatic carbocycles. The van der Waals surface area contributed by atoms with Crippen molar-refractivity contribution in [2.45, 2.75) is 18.3 Å². The zero-order chi connectivity index (χ0) is 19.7. The number of nitrogens with zero attached hydrogens (tertiary/aromatic N) is 2. The Morgan fingerprint density at radius 1 is 1.22 bits per heavy atom. The molecule has 3 rings (SSSR count). The summed E-state index contributed by atoms with van der Waals surface area (Å²) in [6, 6.07) is 14.6. The molecule has 2 aromatic rings. The lowest BCUT2D eigenvalue weighted by molar-refractivity contribution is -0.302. The summed E-state index contributed by atoms with van der Waals surface area (Å²) < 4.78 is 46.4. The molecule has 1 atom stereocenters. The zero-order valence-corrected chi connectivity index (χ0v) is 15.4. The minimum atomic E-state index is -5.09. The number of hydrogen-bond acceptors (Lipinski definition) is 4. The van der Waals surface area contributed by atoms with E-state index in [4.69, 9.17) is 4.74 Å². The van der Waals surface area contributed by atoms with Crippen molar-refractivity contribution < 1.29 is 27.8 Å². The van der Waals surface area contributed by atoms with Gasteiger partial charge in [-0.15, -0.1) is 0 Å². The molecule has 9 heteroatoms. The van der Waals surface area contributed by atoms with E-state index >= 15 is 0 Å². The number of halogens is 4. The third-order valence-corrected chi connectivity index (χ3v) is 4.43. The van der Waals surface area contributed by atoms with Gasteiger partial charge < -0.3 is 9.84 Å². The second-order valence-corrected chi connectivity index (χ2v) is 6.77. The number of hydrogen-bond donors (Lipinski definition) is 1. The molecular formula is C18H14BrF3N2O3. The molecule has 0 spiro atoms. The smallest absolute Gasteiger partial charge is 0.438 e. The first kappa shape index (κ1) is 19.4. The SMILES string of the molecule is O=C(COc1ccccc1)N1N=C(c2cccc(Br)c2)C[C@@]1(O)C(F)(F)F. The van der Waals surface area contributed by atoms with Gasteiger partial charge in [-0.3, -0.25) is 4.79 Å². The van der Waals surface area contributed by atoms with Gasteiger partial charge in [0.15, 0.2) is 6.61 Å². The number of aliphatic hydroxyl groups is 1. The maximum absolute atomic E-state index is 13.5. The second-order valence-electron chi connectivity index (χ2n) is 5.86. The molecule has 27 heavy (non-hydrogen) atoms. The number of carbonyl (C=O) groups is 1. The van der Waals surface area contributed by atoms with Crippen LogP contribution in [0.2, 0.25) is 0 Å². The molecule has 0 bridgehead atoms. The molecule has 0 saturated heterocycles. The summed E-state index contributed by atoms with van der Waals surface area (Å²) in [6.45, 7) is -0.697. The van der Waals surface area contributed by atoms with Gasteiger partial charge in [-0.1, -0.05) is 46.3 Å². The Hall–Kier alpha value is -2.39. The fourth-order valence-electron chi connectivity index (χ4n) is 2.58. The van der Waals surface area contributed by atoms with E-state index in [9.17, 15) is 23.1 Å². The highest BCUT2D eigenvalue weighted by Crippen LogP contribution is 2.41. The average molecular weight is 443 g/mol. The number of rotatable bonds is 4. The number of alkyl halides is 3. The molecule has 1 aliphatic rings. The lowest BCUT2D eigenvalue weighted by atomic mass is 10.0. The molecule has 5 nitrogen and oxygen atoms in total. The Morgan fingerprint density at radius 2 is 1.93 bits per heavy atom. The fraction of sp³-hybridized carbons (Fsp3) is 0.222. The molecule has 0 radical (unpaired) electrons. The summed E-state index contributed by atoms with van der Waals surface area (Å²) >= 11 is 3.23. The predicted molar refractivity (Wildman–Crippen MR) is 95.1 cm³/mol. The molecule has 0 fully saturated rings. The van der Waals surface area contributed by atoms with Crippen molar-refractivity contribution in [1.29, 1.82) is 0 Å². The Morgan fingerprint density at radius 3 is 2.56 bits per heavy atom. The number of carbonyl (C=O) groups excluding carboxylic acids is 1. The standard InChI is InChI=1S/C18H14BrF3N2O3/c19-13-6-4-5-12(9-13)15-10-17(26,18(20,21)22)24(23-15)16(25)11-27-14-7-2-1-3-8-14/h1-9,26H,10-11H2/t17-/m1/s1. The van der Waals surface area contributed by atoms with Crippen LogP contribution in [0.3, 0.4) is 0 Å². The number of para-hydroxylation sites is 1. The molecule has 0 unspecified atom stereocenters. The van der Waals surface area contributed by atoms with E-state index < -0.39 is 30.8 Å². The molecule has 1 aliphatic heterocycles. The topological polar surface area (TPSA) is 62.1 Å². The molecule has 0 saturated carbocycles. The van der Waals surface area contributed by atoms with E-state index in [1.165, 1.54) is 0 Å². The van der Waals surface area contributed by atoms with Crippen LogP contribution >= 0.6 is 15.9 Å². The largest absolute Gasteiger partial charge is 0.484 e. The monoisotopic (exact) mass is 442 g/mol. The van der Waals surface area contributed by atoms with Crippen LogP contribution in [0.5, 0.6) is 5.75 Å². The molecule has 1 heterocycles. The molecule has 0 aromatic heterocycles. The van der Waals surface area contributed by atoms with Gasteiger partial charge in [0.05, 0.1) is 12.1 Å². The van der Waals surface area contributed by atoms with Gasteiger partial charge in [-0.25, -0.2) is 0 Å². The quantitative estimate of drug-likeness (QED) is 0.784. The maximum Gasteiger partial charge on any atom is 0.438 e. The number of hydrazone groups is 1. The van der Waals surface area contributed by atoms with Crippen molar-refractivity contribution in [3.8, 4) is 5.75 Å². The summed E-state index contributed by atoms with van der Waals surface area (Å²) in [5.41, 5.74) is -3.11. The first-order valence-electron chi connectivity index (χ1n) is 7.84. The molecule has 1 N–H and O–H groups in total. The Kier molecular flexibility index (Phi) is 5.25. The Balaban J connectivity index is 1.87. The van der Waals surface area contributed by atoms with Crippen molar-refractivity contribution in [3.63, 3.8) is 0 Å². The molecule has 2 aromatic carbocycles. The van der Waals surface area contributed by atoms with Gasteiger partial charge in [-0.2, -0.15) is 23.3 Å². The van der Waals surface area contributed by atoms with Crippen LogP contribution in [-0.4, -0.2) is 40.2 Å². The maximum atomic E-state index is 13.5. The van der Waals surface area contributed by atoms with E-state index in [1.54, 1.807) is 54.6 Å². The van der Waals surface area contributed by atoms with E-state index in [0.29, 0.717) is 15.8 Å². The van der Waals surface area contributed by atoms with Crippen molar-refractivity contribution >= 4 is 27.5 Å². The van der Waals surface area contributed by atoms with Crippen LogP contribution < -0.4 is 4.74 Å². The lowest BCUT2D eigenvalue weighted by Gasteiger charge is -2.32. The van der Waals surface area contributed by atoms with Crippen molar-refractivity contribution in [1.82, 2.24) is 5.01 Å². The highest BCUT2D eigenvalue weighted by Gasteiger charge is 2.63. The third-order valence-electron chi connectivity index (χ3n) is 3.94. The third kappa shape index (κ3) is 3.98. The Bertz CT molecular complexity index is 874. The van der Waals surface area contributed by atoms with Crippen LogP contribution in [0.1, 0.15) is 12.0 Å². The normalized spacial score (nSPS) is 19.7. The number of ether oxygens (including phenoxy) is 1. The van der Waals surface area contributed by atoms with Crippen LogP contribution in [0.4, 0.5) is 13.2 Å². The van der Waals surface area contributed by atoms with Gasteiger partial charge in [0, 0.05) is 4.47 Å². The van der Waals surface area contributed by atoms with E-state index in [-0.39, 0.29) is 10.7 Å². The molecular weight excluding hydrogens is 429 g/mol. The van der Waals surface area contributed by atoms with Crippen LogP contribution in [-0.2, 0) is 4.79 Å². The van der Waals surface area contributed by atoms with Crippen LogP contribution in [0.15, 0.2) is 64.2 Å². The van der Waals surface area contributed by atoms with Gasteiger partial charge >= 0.3 is 6.18 Å². The van der Waals surface area contributed by atoms with Crippen molar-refractivity contribution in [3.05, 3.63) is 64.6 Å². The summed E-state index contributed by atoms with van der Waals surface area (Å²) in [5.74, 6) is -0.791. The van der Waals surface area contributed by atoms with Crippen LogP contribution in [0, 0.1) is 0 Å². The first-order chi connectivity index (χ1) is 12.7. The van der Waals surface area contributed by atoms with Crippen molar-refractivity contribution in [2.75, 3.05) is 6.61 Å². The summed E-state index contributed by atoms with van der Waals surface area (Å²) in [7, 11) is 0. The van der Waals surface area contributed by atoms with Gasteiger partial charge in [0.25, 0.3) is 11.6 Å². The Labute approximate surface area is 161 Å².